The summed E-state index contributed by atoms with van der Waals surface area (Å²) in [5, 5.41) is 8.32. The number of carboxylic acid groups (broad SMARTS) is 1. The molecule has 3 N–H and O–H groups in total. The SMILES string of the molecule is [N-]=[N+]=C(C=O)CC[C@H](N)C(=O)O. The fourth-order valence-electron chi connectivity index (χ4n) is 0.559. The predicted octanol–water partition coefficient (Wildman–Crippen LogP) is -0.952. The van der Waals surface area contributed by atoms with E-state index in [1.54, 1.807) is 0 Å². The molecule has 6 nitrogen and oxygen atoms in total. The summed E-state index contributed by atoms with van der Waals surface area (Å²) in [6.45, 7) is 0. The predicted molar refractivity (Wildman–Crippen MR) is 39.5 cm³/mol. The third-order valence-corrected chi connectivity index (χ3v) is 1.29. The van der Waals surface area contributed by atoms with Gasteiger partial charge < -0.3 is 16.4 Å². The maximum absolute atomic E-state index is 10.2. The van der Waals surface area contributed by atoms with E-state index in [0.29, 0.717) is 6.29 Å². The number of hydrogen-bond donors (Lipinski definition) is 2. The van der Waals surface area contributed by atoms with Crippen LogP contribution in [0.15, 0.2) is 0 Å². The van der Waals surface area contributed by atoms with Crippen molar-refractivity contribution in [3.63, 3.8) is 0 Å². The summed E-state index contributed by atoms with van der Waals surface area (Å²) in [5.41, 5.74) is 13.2. The highest BCUT2D eigenvalue weighted by atomic mass is 16.4. The Morgan fingerprint density at radius 2 is 2.33 bits per heavy atom. The monoisotopic (exact) mass is 171 g/mol. The Labute approximate surface area is 68.6 Å². The Balaban J connectivity index is 3.90. The van der Waals surface area contributed by atoms with Gasteiger partial charge in [-0.1, -0.05) is 0 Å². The first-order chi connectivity index (χ1) is 5.61. The topological polar surface area (TPSA) is 117 Å². The fraction of sp³-hybridized carbons (Fsp3) is 0.500. The Morgan fingerprint density at radius 3 is 2.67 bits per heavy atom. The van der Waals surface area contributed by atoms with Gasteiger partial charge in [0.1, 0.15) is 6.04 Å². The van der Waals surface area contributed by atoms with Gasteiger partial charge in [0.2, 0.25) is 6.29 Å². The molecule has 0 saturated carbocycles. The number of nitrogens with two attached hydrogens (primary N) is 1. The van der Waals surface area contributed by atoms with Crippen LogP contribution >= 0.6 is 0 Å². The van der Waals surface area contributed by atoms with E-state index in [-0.39, 0.29) is 18.6 Å². The summed E-state index contributed by atoms with van der Waals surface area (Å²) in [6, 6.07) is -1.03. The van der Waals surface area contributed by atoms with Crippen molar-refractivity contribution in [3.05, 3.63) is 5.53 Å². The second-order valence-corrected chi connectivity index (χ2v) is 2.19. The summed E-state index contributed by atoms with van der Waals surface area (Å²) in [7, 11) is 0. The van der Waals surface area contributed by atoms with Crippen molar-refractivity contribution in [1.82, 2.24) is 0 Å². The number of carbonyl (C=O) groups is 2. The van der Waals surface area contributed by atoms with Gasteiger partial charge in [0.15, 0.2) is 0 Å². The molecule has 0 aliphatic carbocycles. The van der Waals surface area contributed by atoms with Crippen LogP contribution in [-0.2, 0) is 9.59 Å². The number of carbonyl (C=O) groups excluding carboxylic acids is 1. The Morgan fingerprint density at radius 1 is 1.75 bits per heavy atom. The van der Waals surface area contributed by atoms with Gasteiger partial charge in [0.25, 0.3) is 0 Å². The summed E-state index contributed by atoms with van der Waals surface area (Å²) in [6.07, 6.45) is 0.496. The van der Waals surface area contributed by atoms with E-state index in [1.807, 2.05) is 0 Å². The Bertz CT molecular complexity index is 232. The van der Waals surface area contributed by atoms with Gasteiger partial charge in [-0.15, -0.1) is 0 Å². The maximum atomic E-state index is 10.2. The molecule has 0 aliphatic rings. The average Bonchev–Trinajstić information content (AvgIpc) is 2.05. The third-order valence-electron chi connectivity index (χ3n) is 1.29. The number of hydrogen-bond acceptors (Lipinski definition) is 3. The zero-order valence-corrected chi connectivity index (χ0v) is 6.30. The van der Waals surface area contributed by atoms with Crippen molar-refractivity contribution in [3.8, 4) is 0 Å². The quantitative estimate of drug-likeness (QED) is 0.240. The summed E-state index contributed by atoms with van der Waals surface area (Å²) in [5.74, 6) is -1.14. The van der Waals surface area contributed by atoms with Gasteiger partial charge in [-0.05, 0) is 6.42 Å². The van der Waals surface area contributed by atoms with Gasteiger partial charge in [-0.25, -0.2) is 0 Å². The molecule has 0 bridgehead atoms. The van der Waals surface area contributed by atoms with Gasteiger partial charge in [0.05, 0.1) is 6.42 Å². The normalized spacial score (nSPS) is 11.4. The highest BCUT2D eigenvalue weighted by Gasteiger charge is 2.15. The molecule has 0 aromatic carbocycles. The lowest BCUT2D eigenvalue weighted by Crippen LogP contribution is -2.30. The molecular weight excluding hydrogens is 162 g/mol. The van der Waals surface area contributed by atoms with Crippen LogP contribution in [0, 0.1) is 0 Å². The van der Waals surface area contributed by atoms with Crippen LogP contribution in [0.3, 0.4) is 0 Å². The minimum absolute atomic E-state index is 0.0630. The molecule has 0 amide bonds. The molecule has 0 saturated heterocycles. The van der Waals surface area contributed by atoms with Gasteiger partial charge in [-0.3, -0.25) is 9.59 Å². The number of aliphatic carboxylic acids is 1. The van der Waals surface area contributed by atoms with E-state index in [4.69, 9.17) is 16.4 Å². The molecule has 0 aromatic rings. The lowest BCUT2D eigenvalue weighted by atomic mass is 10.1. The molecule has 0 rings (SSSR count). The second-order valence-electron chi connectivity index (χ2n) is 2.19. The van der Waals surface area contributed by atoms with E-state index in [9.17, 15) is 9.59 Å². The van der Waals surface area contributed by atoms with Crippen molar-refractivity contribution in [1.29, 1.82) is 0 Å². The van der Waals surface area contributed by atoms with Crippen molar-refractivity contribution in [2.24, 2.45) is 5.73 Å². The molecular formula is C6H9N3O3. The zero-order chi connectivity index (χ0) is 9.56. The molecule has 12 heavy (non-hydrogen) atoms. The van der Waals surface area contributed by atoms with Crippen LogP contribution in [0.4, 0.5) is 0 Å². The number of nitrogens with zero attached hydrogens (tertiary/aromatic N) is 2. The first-order valence-corrected chi connectivity index (χ1v) is 3.26. The Kier molecular flexibility index (Phi) is 4.52. The molecule has 0 fully saturated rings. The first-order valence-electron chi connectivity index (χ1n) is 3.26. The molecule has 66 valence electrons. The molecule has 6 heteroatoms. The summed E-state index contributed by atoms with van der Waals surface area (Å²) in [4.78, 5) is 22.9. The van der Waals surface area contributed by atoms with Crippen molar-refractivity contribution < 1.29 is 19.5 Å². The minimum Gasteiger partial charge on any atom is -0.480 e. The van der Waals surface area contributed by atoms with Crippen LogP contribution in [0.25, 0.3) is 5.53 Å². The van der Waals surface area contributed by atoms with E-state index in [0.717, 1.165) is 0 Å². The van der Waals surface area contributed by atoms with Gasteiger partial charge in [-0.2, -0.15) is 4.79 Å². The van der Waals surface area contributed by atoms with Gasteiger partial charge in [0, 0.05) is 0 Å². The van der Waals surface area contributed by atoms with Crippen LogP contribution in [0.2, 0.25) is 0 Å². The number of carboxylic acids is 1. The third kappa shape index (κ3) is 3.60. The fourth-order valence-corrected chi connectivity index (χ4v) is 0.559. The van der Waals surface area contributed by atoms with Crippen molar-refractivity contribution >= 4 is 18.0 Å². The van der Waals surface area contributed by atoms with Gasteiger partial charge >= 0.3 is 11.7 Å². The van der Waals surface area contributed by atoms with Crippen LogP contribution in [-0.4, -0.2) is 33.9 Å². The highest BCUT2D eigenvalue weighted by molar-refractivity contribution is 6.25. The molecule has 0 unspecified atom stereocenters. The molecule has 0 aliphatic heterocycles. The lowest BCUT2D eigenvalue weighted by molar-refractivity contribution is -0.138. The first kappa shape index (κ1) is 10.5. The molecule has 0 spiro atoms. The number of aldehydes is 1. The minimum atomic E-state index is -1.14. The smallest absolute Gasteiger partial charge is 0.331 e. The molecule has 1 atom stereocenters. The van der Waals surface area contributed by atoms with E-state index < -0.39 is 12.0 Å². The summed E-state index contributed by atoms with van der Waals surface area (Å²) >= 11 is 0. The maximum Gasteiger partial charge on any atom is 0.331 e. The molecule has 0 radical (unpaired) electrons. The van der Waals surface area contributed by atoms with Crippen LogP contribution in [0.1, 0.15) is 12.8 Å². The lowest BCUT2D eigenvalue weighted by Gasteiger charge is -2.00. The van der Waals surface area contributed by atoms with Crippen LogP contribution < -0.4 is 5.73 Å². The Hall–Kier alpha value is -1.52. The average molecular weight is 171 g/mol. The van der Waals surface area contributed by atoms with Crippen molar-refractivity contribution in [2.45, 2.75) is 18.9 Å². The van der Waals surface area contributed by atoms with Crippen LogP contribution in [0.5, 0.6) is 0 Å². The van der Waals surface area contributed by atoms with E-state index in [1.165, 1.54) is 0 Å². The van der Waals surface area contributed by atoms with E-state index >= 15 is 0 Å². The van der Waals surface area contributed by atoms with E-state index in [2.05, 4.69) is 4.79 Å². The molecule has 0 aromatic heterocycles. The largest absolute Gasteiger partial charge is 0.480 e. The van der Waals surface area contributed by atoms with Crippen molar-refractivity contribution in [2.75, 3.05) is 0 Å². The molecule has 0 heterocycles. The zero-order valence-electron chi connectivity index (χ0n) is 6.30. The summed E-state index contributed by atoms with van der Waals surface area (Å²) < 4.78 is 0. The highest BCUT2D eigenvalue weighted by Crippen LogP contribution is 1.94. The standard InChI is InChI=1S/C6H9N3O3/c7-5(6(11)12)2-1-4(3-10)9-8/h3,5H,1-2,7H2,(H,11,12)/t5-/m0/s1. The second kappa shape index (κ2) is 5.17. The number of rotatable bonds is 5.